The summed E-state index contributed by atoms with van der Waals surface area (Å²) in [5, 5.41) is 10.2. The molecule has 1 aromatic carbocycles. The number of hydrogen-bond donors (Lipinski definition) is 1. The molecule has 0 spiro atoms. The van der Waals surface area contributed by atoms with Gasteiger partial charge < -0.3 is 14.6 Å². The summed E-state index contributed by atoms with van der Waals surface area (Å²) in [4.78, 5) is 0. The van der Waals surface area contributed by atoms with Gasteiger partial charge in [-0.05, 0) is 25.3 Å². The highest BCUT2D eigenvalue weighted by Crippen LogP contribution is 2.29. The van der Waals surface area contributed by atoms with Gasteiger partial charge in [0.2, 0.25) is 0 Å². The third kappa shape index (κ3) is 4.22. The molecule has 1 aliphatic carbocycles. The molecule has 0 heterocycles. The topological polar surface area (TPSA) is 38.7 Å². The first-order chi connectivity index (χ1) is 9.31. The Balaban J connectivity index is 1.76. The van der Waals surface area contributed by atoms with Gasteiger partial charge >= 0.3 is 0 Å². The summed E-state index contributed by atoms with van der Waals surface area (Å²) in [5.41, 5.74) is 0.813. The van der Waals surface area contributed by atoms with E-state index in [9.17, 15) is 5.11 Å². The van der Waals surface area contributed by atoms with E-state index in [1.807, 2.05) is 31.2 Å². The third-order valence-corrected chi connectivity index (χ3v) is 3.75. The van der Waals surface area contributed by atoms with E-state index in [-0.39, 0.29) is 0 Å². The van der Waals surface area contributed by atoms with Gasteiger partial charge in [-0.2, -0.15) is 0 Å². The Kier molecular flexibility index (Phi) is 5.67. The highest BCUT2D eigenvalue weighted by molar-refractivity contribution is 5.35. The van der Waals surface area contributed by atoms with Crippen molar-refractivity contribution in [1.82, 2.24) is 0 Å². The van der Waals surface area contributed by atoms with Crippen LogP contribution in [0.15, 0.2) is 24.3 Å². The number of para-hydroxylation sites is 1. The minimum absolute atomic E-state index is 0.344. The van der Waals surface area contributed by atoms with Gasteiger partial charge in [0.05, 0.1) is 13.2 Å². The van der Waals surface area contributed by atoms with Crippen molar-refractivity contribution in [2.24, 2.45) is 5.92 Å². The lowest BCUT2D eigenvalue weighted by Gasteiger charge is -2.25. The van der Waals surface area contributed by atoms with Gasteiger partial charge in [0.25, 0.3) is 0 Å². The van der Waals surface area contributed by atoms with E-state index < -0.39 is 6.10 Å². The van der Waals surface area contributed by atoms with Crippen LogP contribution >= 0.6 is 0 Å². The number of rotatable bonds is 8. The van der Waals surface area contributed by atoms with Gasteiger partial charge in [0.1, 0.15) is 11.9 Å². The summed E-state index contributed by atoms with van der Waals surface area (Å²) in [6.45, 7) is 3.64. The van der Waals surface area contributed by atoms with Crippen LogP contribution in [-0.2, 0) is 4.74 Å². The average molecular weight is 264 g/mol. The molecule has 1 saturated carbocycles. The smallest absolute Gasteiger partial charge is 0.125 e. The van der Waals surface area contributed by atoms with Gasteiger partial charge in [0, 0.05) is 12.2 Å². The van der Waals surface area contributed by atoms with Crippen molar-refractivity contribution in [2.45, 2.75) is 38.7 Å². The highest BCUT2D eigenvalue weighted by Gasteiger charge is 2.17. The van der Waals surface area contributed by atoms with E-state index >= 15 is 0 Å². The molecule has 1 fully saturated rings. The first kappa shape index (κ1) is 14.4. The van der Waals surface area contributed by atoms with Gasteiger partial charge in [-0.25, -0.2) is 0 Å². The molecule has 106 valence electrons. The molecule has 1 unspecified atom stereocenters. The maximum atomic E-state index is 10.2. The standard InChI is InChI=1S/C16H24O3/c1-2-19-16-9-4-3-8-14(16)15(17)12-18-11-10-13-6-5-7-13/h3-4,8-9,13,15,17H,2,5-7,10-12H2,1H3. The zero-order valence-electron chi connectivity index (χ0n) is 11.7. The number of hydrogen-bond acceptors (Lipinski definition) is 3. The van der Waals surface area contributed by atoms with Gasteiger partial charge in [-0.3, -0.25) is 0 Å². The molecule has 0 bridgehead atoms. The average Bonchev–Trinajstić information content (AvgIpc) is 2.37. The van der Waals surface area contributed by atoms with Crippen molar-refractivity contribution in [3.05, 3.63) is 29.8 Å². The molecular weight excluding hydrogens is 240 g/mol. The van der Waals surface area contributed by atoms with E-state index in [1.54, 1.807) is 0 Å². The molecule has 1 N–H and O–H groups in total. The van der Waals surface area contributed by atoms with Crippen LogP contribution in [0.4, 0.5) is 0 Å². The second-order valence-electron chi connectivity index (χ2n) is 5.15. The van der Waals surface area contributed by atoms with Crippen molar-refractivity contribution in [1.29, 1.82) is 0 Å². The van der Waals surface area contributed by atoms with Crippen LogP contribution in [0.2, 0.25) is 0 Å². The Hall–Kier alpha value is -1.06. The molecule has 2 rings (SSSR count). The van der Waals surface area contributed by atoms with Crippen molar-refractivity contribution < 1.29 is 14.6 Å². The molecule has 0 saturated heterocycles. The summed E-state index contributed by atoms with van der Waals surface area (Å²) in [5.74, 6) is 1.60. The van der Waals surface area contributed by atoms with E-state index in [1.165, 1.54) is 19.3 Å². The summed E-state index contributed by atoms with van der Waals surface area (Å²) >= 11 is 0. The number of aliphatic hydroxyl groups excluding tert-OH is 1. The molecule has 3 heteroatoms. The minimum Gasteiger partial charge on any atom is -0.493 e. The van der Waals surface area contributed by atoms with Crippen LogP contribution in [0.5, 0.6) is 5.75 Å². The second kappa shape index (κ2) is 7.51. The second-order valence-corrected chi connectivity index (χ2v) is 5.15. The Bertz CT molecular complexity index is 374. The maximum absolute atomic E-state index is 10.2. The molecular formula is C16H24O3. The Morgan fingerprint density at radius 2 is 2.11 bits per heavy atom. The first-order valence-electron chi connectivity index (χ1n) is 7.28. The quantitative estimate of drug-likeness (QED) is 0.732. The van der Waals surface area contributed by atoms with Crippen LogP contribution in [0.3, 0.4) is 0 Å². The Morgan fingerprint density at radius 3 is 2.79 bits per heavy atom. The molecule has 19 heavy (non-hydrogen) atoms. The maximum Gasteiger partial charge on any atom is 0.125 e. The molecule has 1 aromatic rings. The molecule has 1 atom stereocenters. The fraction of sp³-hybridized carbons (Fsp3) is 0.625. The number of benzene rings is 1. The largest absolute Gasteiger partial charge is 0.493 e. The van der Waals surface area contributed by atoms with Crippen LogP contribution in [0.1, 0.15) is 44.3 Å². The highest BCUT2D eigenvalue weighted by atomic mass is 16.5. The SMILES string of the molecule is CCOc1ccccc1C(O)COCCC1CCC1. The monoisotopic (exact) mass is 264 g/mol. The molecule has 3 nitrogen and oxygen atoms in total. The summed E-state index contributed by atoms with van der Waals surface area (Å²) in [7, 11) is 0. The minimum atomic E-state index is -0.607. The van der Waals surface area contributed by atoms with Crippen molar-refractivity contribution >= 4 is 0 Å². The van der Waals surface area contributed by atoms with Crippen LogP contribution in [0, 0.1) is 5.92 Å². The summed E-state index contributed by atoms with van der Waals surface area (Å²) < 4.78 is 11.1. The lowest BCUT2D eigenvalue weighted by Crippen LogP contribution is -2.15. The van der Waals surface area contributed by atoms with E-state index in [4.69, 9.17) is 9.47 Å². The fourth-order valence-corrected chi connectivity index (χ4v) is 2.36. The van der Waals surface area contributed by atoms with Crippen molar-refractivity contribution in [3.8, 4) is 5.75 Å². The predicted molar refractivity (Wildman–Crippen MR) is 75.3 cm³/mol. The Morgan fingerprint density at radius 1 is 1.32 bits per heavy atom. The Labute approximate surface area is 115 Å². The third-order valence-electron chi connectivity index (χ3n) is 3.75. The van der Waals surface area contributed by atoms with Gasteiger partial charge in [-0.1, -0.05) is 37.5 Å². The van der Waals surface area contributed by atoms with E-state index in [0.717, 1.165) is 30.3 Å². The lowest BCUT2D eigenvalue weighted by molar-refractivity contribution is 0.0254. The normalized spacial score (nSPS) is 16.9. The summed E-state index contributed by atoms with van der Waals surface area (Å²) in [6, 6.07) is 7.61. The van der Waals surface area contributed by atoms with E-state index in [2.05, 4.69) is 0 Å². The summed E-state index contributed by atoms with van der Waals surface area (Å²) in [6.07, 6.45) is 4.58. The molecule has 0 aromatic heterocycles. The first-order valence-corrected chi connectivity index (χ1v) is 7.28. The molecule has 0 aliphatic heterocycles. The number of ether oxygens (including phenoxy) is 2. The molecule has 0 radical (unpaired) electrons. The van der Waals surface area contributed by atoms with Gasteiger partial charge in [-0.15, -0.1) is 0 Å². The predicted octanol–water partition coefficient (Wildman–Crippen LogP) is 3.33. The zero-order valence-corrected chi connectivity index (χ0v) is 11.7. The van der Waals surface area contributed by atoms with Crippen LogP contribution in [0.25, 0.3) is 0 Å². The van der Waals surface area contributed by atoms with Crippen LogP contribution < -0.4 is 4.74 Å². The van der Waals surface area contributed by atoms with Crippen molar-refractivity contribution in [3.63, 3.8) is 0 Å². The molecule has 1 aliphatic rings. The van der Waals surface area contributed by atoms with Crippen LogP contribution in [-0.4, -0.2) is 24.9 Å². The zero-order chi connectivity index (χ0) is 13.5. The fourth-order valence-electron chi connectivity index (χ4n) is 2.36. The lowest BCUT2D eigenvalue weighted by atomic mass is 9.83. The van der Waals surface area contributed by atoms with E-state index in [0.29, 0.717) is 13.2 Å². The van der Waals surface area contributed by atoms with Crippen molar-refractivity contribution in [2.75, 3.05) is 19.8 Å². The number of aliphatic hydroxyl groups is 1. The van der Waals surface area contributed by atoms with Gasteiger partial charge in [0.15, 0.2) is 0 Å². The molecule has 0 amide bonds.